The molecule has 1 aliphatic rings. The molecule has 9 heteroatoms. The van der Waals surface area contributed by atoms with Crippen LogP contribution in [0, 0.1) is 0 Å². The van der Waals surface area contributed by atoms with E-state index in [0.717, 1.165) is 21.9 Å². The van der Waals surface area contributed by atoms with Gasteiger partial charge in [-0.3, -0.25) is 9.48 Å². The molecule has 1 atom stereocenters. The number of piperazine rings is 1. The van der Waals surface area contributed by atoms with Crippen LogP contribution >= 0.6 is 11.6 Å². The van der Waals surface area contributed by atoms with Gasteiger partial charge in [0, 0.05) is 54.6 Å². The Morgan fingerprint density at radius 2 is 1.94 bits per heavy atom. The lowest BCUT2D eigenvalue weighted by Crippen LogP contribution is -2.55. The normalized spacial score (nSPS) is 16.5. The maximum Gasteiger partial charge on any atom is 0.407 e. The fourth-order valence-corrected chi connectivity index (χ4v) is 4.66. The van der Waals surface area contributed by atoms with Gasteiger partial charge < -0.3 is 14.9 Å². The first-order valence-corrected chi connectivity index (χ1v) is 11.0. The van der Waals surface area contributed by atoms with Gasteiger partial charge in [-0.05, 0) is 37.3 Å². The topological polar surface area (TPSA) is 91.6 Å². The lowest BCUT2D eigenvalue weighted by molar-refractivity contribution is 0.0507. The zero-order valence-corrected chi connectivity index (χ0v) is 19.0. The quantitative estimate of drug-likeness (QED) is 0.479. The molecule has 1 N–H and O–H groups in total. The second kappa shape index (κ2) is 8.04. The van der Waals surface area contributed by atoms with E-state index in [4.69, 9.17) is 16.6 Å². The Kier molecular flexibility index (Phi) is 5.17. The number of carbonyl (C=O) groups excluding carboxylic acids is 1. The molecule has 1 saturated heterocycles. The lowest BCUT2D eigenvalue weighted by Gasteiger charge is -2.38. The SMILES string of the molecule is CC1CN(C(=O)c2ccc3c(Cl)cc(-c4ccc5c(cnn5C)c4)nc3c2)CCN1C(=O)O. The molecule has 0 aliphatic carbocycles. The first-order valence-electron chi connectivity index (χ1n) is 10.6. The van der Waals surface area contributed by atoms with Gasteiger partial charge in [0.2, 0.25) is 0 Å². The summed E-state index contributed by atoms with van der Waals surface area (Å²) >= 11 is 6.57. The first kappa shape index (κ1) is 21.2. The summed E-state index contributed by atoms with van der Waals surface area (Å²) in [7, 11) is 1.90. The lowest BCUT2D eigenvalue weighted by atomic mass is 10.1. The number of nitrogens with zero attached hydrogens (tertiary/aromatic N) is 5. The minimum absolute atomic E-state index is 0.145. The summed E-state index contributed by atoms with van der Waals surface area (Å²) in [6.45, 7) is 2.80. The summed E-state index contributed by atoms with van der Waals surface area (Å²) in [5.74, 6) is -0.145. The summed E-state index contributed by atoms with van der Waals surface area (Å²) in [5, 5.41) is 15.9. The molecule has 0 radical (unpaired) electrons. The van der Waals surface area contributed by atoms with Crippen LogP contribution in [0.2, 0.25) is 5.02 Å². The Bertz CT molecular complexity index is 1420. The van der Waals surface area contributed by atoms with E-state index in [1.165, 1.54) is 4.90 Å². The van der Waals surface area contributed by atoms with Crippen molar-refractivity contribution in [2.75, 3.05) is 19.6 Å². The zero-order chi connectivity index (χ0) is 23.3. The van der Waals surface area contributed by atoms with Gasteiger partial charge >= 0.3 is 6.09 Å². The number of hydrogen-bond donors (Lipinski definition) is 1. The minimum Gasteiger partial charge on any atom is -0.465 e. The number of carboxylic acid groups (broad SMARTS) is 1. The highest BCUT2D eigenvalue weighted by Gasteiger charge is 2.30. The summed E-state index contributed by atoms with van der Waals surface area (Å²) < 4.78 is 1.81. The molecule has 0 saturated carbocycles. The Hall–Kier alpha value is -3.65. The number of rotatable bonds is 2. The second-order valence-electron chi connectivity index (χ2n) is 8.34. The number of aryl methyl sites for hydroxylation is 1. The molecular formula is C24H22ClN5O3. The van der Waals surface area contributed by atoms with Crippen molar-refractivity contribution in [3.05, 3.63) is 59.2 Å². The Balaban J connectivity index is 1.48. The van der Waals surface area contributed by atoms with E-state index in [-0.39, 0.29) is 11.9 Å². The monoisotopic (exact) mass is 463 g/mol. The maximum absolute atomic E-state index is 13.1. The number of carbonyl (C=O) groups is 2. The molecule has 2 aromatic carbocycles. The standard InChI is InChI=1S/C24H22ClN5O3/c1-14-13-29(7-8-30(14)24(32)33)23(31)16-3-5-18-19(25)11-20(27-21(18)10-16)15-4-6-22-17(9-15)12-26-28(22)2/h3-6,9-12,14H,7-8,13H2,1-2H3,(H,32,33). The minimum atomic E-state index is -0.962. The smallest absolute Gasteiger partial charge is 0.407 e. The fraction of sp³-hybridized carbons (Fsp3) is 0.250. The summed E-state index contributed by atoms with van der Waals surface area (Å²) in [4.78, 5) is 32.3. The number of benzene rings is 2. The number of hydrogen-bond acceptors (Lipinski definition) is 4. The van der Waals surface area contributed by atoms with Gasteiger partial charge in [0.15, 0.2) is 0 Å². The second-order valence-corrected chi connectivity index (χ2v) is 8.75. The average Bonchev–Trinajstić information content (AvgIpc) is 3.17. The van der Waals surface area contributed by atoms with E-state index < -0.39 is 6.09 Å². The van der Waals surface area contributed by atoms with Crippen LogP contribution in [0.5, 0.6) is 0 Å². The molecule has 168 valence electrons. The van der Waals surface area contributed by atoms with Crippen molar-refractivity contribution in [2.24, 2.45) is 7.05 Å². The van der Waals surface area contributed by atoms with E-state index in [0.29, 0.717) is 41.4 Å². The van der Waals surface area contributed by atoms with Crippen LogP contribution in [0.25, 0.3) is 33.1 Å². The predicted octanol–water partition coefficient (Wildman–Crippen LogP) is 4.27. The largest absolute Gasteiger partial charge is 0.465 e. The Labute approximate surface area is 195 Å². The Morgan fingerprint density at radius 3 is 2.70 bits per heavy atom. The molecule has 0 bridgehead atoms. The number of fused-ring (bicyclic) bond motifs is 2. The van der Waals surface area contributed by atoms with Gasteiger partial charge in [-0.1, -0.05) is 23.7 Å². The van der Waals surface area contributed by atoms with Crippen LogP contribution < -0.4 is 0 Å². The molecule has 33 heavy (non-hydrogen) atoms. The van der Waals surface area contributed by atoms with Crippen molar-refractivity contribution in [3.8, 4) is 11.3 Å². The molecule has 5 rings (SSSR count). The third kappa shape index (κ3) is 3.76. The summed E-state index contributed by atoms with van der Waals surface area (Å²) in [5.41, 5.74) is 3.78. The molecule has 4 aromatic rings. The number of pyridine rings is 1. The highest BCUT2D eigenvalue weighted by atomic mass is 35.5. The molecule has 3 heterocycles. The number of amides is 2. The molecular weight excluding hydrogens is 442 g/mol. The first-order chi connectivity index (χ1) is 15.8. The van der Waals surface area contributed by atoms with Crippen LogP contribution in [-0.4, -0.2) is 67.3 Å². The van der Waals surface area contributed by atoms with Crippen molar-refractivity contribution in [1.29, 1.82) is 0 Å². The average molecular weight is 464 g/mol. The number of halogens is 1. The van der Waals surface area contributed by atoms with Crippen LogP contribution in [0.3, 0.4) is 0 Å². The molecule has 1 fully saturated rings. The molecule has 1 unspecified atom stereocenters. The van der Waals surface area contributed by atoms with Crippen molar-refractivity contribution in [1.82, 2.24) is 24.6 Å². The third-order valence-corrected chi connectivity index (χ3v) is 6.52. The number of aromatic nitrogens is 3. The molecule has 2 aromatic heterocycles. The van der Waals surface area contributed by atoms with Gasteiger partial charge in [-0.25, -0.2) is 9.78 Å². The van der Waals surface area contributed by atoms with E-state index in [1.807, 2.05) is 48.3 Å². The van der Waals surface area contributed by atoms with Crippen molar-refractivity contribution in [3.63, 3.8) is 0 Å². The summed E-state index contributed by atoms with van der Waals surface area (Å²) in [6, 6.07) is 12.9. The van der Waals surface area contributed by atoms with Gasteiger partial charge in [0.25, 0.3) is 5.91 Å². The van der Waals surface area contributed by atoms with Crippen LogP contribution in [0.1, 0.15) is 17.3 Å². The van der Waals surface area contributed by atoms with Crippen LogP contribution in [-0.2, 0) is 7.05 Å². The zero-order valence-electron chi connectivity index (χ0n) is 18.2. The van der Waals surface area contributed by atoms with Crippen molar-refractivity contribution >= 4 is 45.4 Å². The predicted molar refractivity (Wildman–Crippen MR) is 127 cm³/mol. The molecule has 2 amide bonds. The molecule has 0 spiro atoms. The fourth-order valence-electron chi connectivity index (χ4n) is 4.40. The molecule has 8 nitrogen and oxygen atoms in total. The van der Waals surface area contributed by atoms with E-state index in [1.54, 1.807) is 24.0 Å². The molecule has 1 aliphatic heterocycles. The van der Waals surface area contributed by atoms with Crippen molar-refractivity contribution < 1.29 is 14.7 Å². The Morgan fingerprint density at radius 1 is 1.12 bits per heavy atom. The van der Waals surface area contributed by atoms with Crippen LogP contribution in [0.4, 0.5) is 4.79 Å². The van der Waals surface area contributed by atoms with Gasteiger partial charge in [-0.2, -0.15) is 5.10 Å². The van der Waals surface area contributed by atoms with Gasteiger partial charge in [0.05, 0.1) is 27.9 Å². The van der Waals surface area contributed by atoms with E-state index in [9.17, 15) is 14.7 Å². The van der Waals surface area contributed by atoms with Gasteiger partial charge in [0.1, 0.15) is 0 Å². The highest BCUT2D eigenvalue weighted by Crippen LogP contribution is 2.30. The van der Waals surface area contributed by atoms with E-state index in [2.05, 4.69) is 5.10 Å². The van der Waals surface area contributed by atoms with Crippen LogP contribution in [0.15, 0.2) is 48.7 Å². The third-order valence-electron chi connectivity index (χ3n) is 6.21. The van der Waals surface area contributed by atoms with Crippen molar-refractivity contribution in [2.45, 2.75) is 13.0 Å². The highest BCUT2D eigenvalue weighted by molar-refractivity contribution is 6.35. The summed E-state index contributed by atoms with van der Waals surface area (Å²) in [6.07, 6.45) is 0.847. The van der Waals surface area contributed by atoms with Gasteiger partial charge in [-0.15, -0.1) is 0 Å². The van der Waals surface area contributed by atoms with E-state index >= 15 is 0 Å². The maximum atomic E-state index is 13.1.